The van der Waals surface area contributed by atoms with Crippen LogP contribution in [0.1, 0.15) is 46.7 Å². The number of primary amides is 1. The topological polar surface area (TPSA) is 43.1 Å². The Labute approximate surface area is 153 Å². The first kappa shape index (κ1) is 19.6. The van der Waals surface area contributed by atoms with E-state index in [0.29, 0.717) is 5.92 Å². The van der Waals surface area contributed by atoms with Crippen LogP contribution in [0.3, 0.4) is 0 Å². The van der Waals surface area contributed by atoms with Crippen LogP contribution < -0.4 is 5.73 Å². The zero-order valence-electron chi connectivity index (χ0n) is 13.1. The number of benzene rings is 2. The summed E-state index contributed by atoms with van der Waals surface area (Å²) in [6.07, 6.45) is -0.641. The third-order valence-corrected chi connectivity index (χ3v) is 4.57. The Bertz CT molecular complexity index is 758. The number of nitrogens with two attached hydrogens (primary N) is 1. The van der Waals surface area contributed by atoms with Gasteiger partial charge in [-0.05, 0) is 48.6 Å². The van der Waals surface area contributed by atoms with Gasteiger partial charge in [0.25, 0.3) is 0 Å². The van der Waals surface area contributed by atoms with Crippen LogP contribution in [0.25, 0.3) is 0 Å². The van der Waals surface area contributed by atoms with Gasteiger partial charge in [0, 0.05) is 10.0 Å². The molecule has 25 heavy (non-hydrogen) atoms. The smallest absolute Gasteiger partial charge is 0.366 e. The van der Waals surface area contributed by atoms with Gasteiger partial charge in [0.1, 0.15) is 0 Å². The minimum atomic E-state index is -4.54. The number of hydrogen-bond acceptors (Lipinski definition) is 1. The van der Waals surface area contributed by atoms with E-state index in [-0.39, 0.29) is 0 Å². The molecule has 1 aliphatic rings. The van der Waals surface area contributed by atoms with Gasteiger partial charge in [-0.1, -0.05) is 47.8 Å². The monoisotopic (exact) mass is 389 g/mol. The first-order valence-electron chi connectivity index (χ1n) is 7.61. The molecule has 2 aromatic carbocycles. The fourth-order valence-corrected chi connectivity index (χ4v) is 3.06. The van der Waals surface area contributed by atoms with Crippen LogP contribution in [0, 0.1) is 0 Å². The minimum Gasteiger partial charge on any atom is -0.366 e. The Hall–Kier alpha value is -1.72. The Morgan fingerprint density at radius 2 is 1.72 bits per heavy atom. The molecule has 0 atom stereocenters. The van der Waals surface area contributed by atoms with E-state index in [0.717, 1.165) is 22.2 Å². The van der Waals surface area contributed by atoms with E-state index in [1.807, 2.05) is 12.1 Å². The van der Waals surface area contributed by atoms with Gasteiger partial charge in [-0.2, -0.15) is 13.2 Å². The van der Waals surface area contributed by atoms with Gasteiger partial charge < -0.3 is 5.73 Å². The average molecular weight is 390 g/mol. The number of alkyl halides is 3. The molecule has 1 aliphatic carbocycles. The highest BCUT2D eigenvalue weighted by Crippen LogP contribution is 2.40. The summed E-state index contributed by atoms with van der Waals surface area (Å²) in [6, 6.07) is 10.2. The third kappa shape index (κ3) is 5.13. The second-order valence-corrected chi connectivity index (χ2v) is 6.54. The Morgan fingerprint density at radius 3 is 2.16 bits per heavy atom. The maximum absolute atomic E-state index is 12.2. The normalized spacial score (nSPS) is 14.3. The average Bonchev–Trinajstić information content (AvgIpc) is 2.48. The lowest BCUT2D eigenvalue weighted by Gasteiger charge is -2.26. The molecule has 3 rings (SSSR count). The summed E-state index contributed by atoms with van der Waals surface area (Å²) in [4.78, 5) is 10.6. The van der Waals surface area contributed by atoms with Crippen molar-refractivity contribution in [2.45, 2.75) is 31.4 Å². The summed E-state index contributed by atoms with van der Waals surface area (Å²) in [5.74, 6) is -0.386. The Morgan fingerprint density at radius 1 is 1.08 bits per heavy atom. The standard InChI is InChI=1S/C10H10Cl2.C8H6F3NO/c11-8-4-5-9(10(12)6-8)7-2-1-3-7;9-8(10,11)6-4-2-1-3-5(6)7(12)13/h4-7H,1-3H2;1-4H,(H2,12,13). The lowest BCUT2D eigenvalue weighted by atomic mass is 9.80. The van der Waals surface area contributed by atoms with Crippen LogP contribution in [0.5, 0.6) is 0 Å². The quantitative estimate of drug-likeness (QED) is 0.665. The zero-order valence-corrected chi connectivity index (χ0v) is 14.6. The van der Waals surface area contributed by atoms with E-state index >= 15 is 0 Å². The molecule has 0 aliphatic heterocycles. The highest BCUT2D eigenvalue weighted by atomic mass is 35.5. The van der Waals surface area contributed by atoms with Crippen molar-refractivity contribution >= 4 is 29.1 Å². The van der Waals surface area contributed by atoms with Gasteiger partial charge in [0.2, 0.25) is 5.91 Å². The van der Waals surface area contributed by atoms with Crippen molar-refractivity contribution in [1.29, 1.82) is 0 Å². The summed E-state index contributed by atoms with van der Waals surface area (Å²) < 4.78 is 36.6. The lowest BCUT2D eigenvalue weighted by molar-refractivity contribution is -0.137. The first-order chi connectivity index (χ1) is 11.7. The van der Waals surface area contributed by atoms with Crippen molar-refractivity contribution in [2.24, 2.45) is 5.73 Å². The van der Waals surface area contributed by atoms with Crippen molar-refractivity contribution in [1.82, 2.24) is 0 Å². The fraction of sp³-hybridized carbons (Fsp3) is 0.278. The maximum atomic E-state index is 12.2. The highest BCUT2D eigenvalue weighted by molar-refractivity contribution is 6.35. The molecule has 1 amide bonds. The molecule has 0 radical (unpaired) electrons. The molecule has 0 heterocycles. The number of amides is 1. The Kier molecular flexibility index (Phi) is 6.36. The summed E-state index contributed by atoms with van der Waals surface area (Å²) in [7, 11) is 0. The molecule has 134 valence electrons. The predicted octanol–water partition coefficient (Wildman–Crippen LogP) is 6.07. The predicted molar refractivity (Wildman–Crippen MR) is 93.0 cm³/mol. The molecule has 0 saturated heterocycles. The van der Waals surface area contributed by atoms with E-state index in [4.69, 9.17) is 28.9 Å². The summed E-state index contributed by atoms with van der Waals surface area (Å²) in [5, 5.41) is 1.55. The number of carbonyl (C=O) groups excluding carboxylic acids is 1. The molecule has 2 N–H and O–H groups in total. The molecular formula is C18H16Cl2F3NO. The highest BCUT2D eigenvalue weighted by Gasteiger charge is 2.34. The van der Waals surface area contributed by atoms with Crippen LogP contribution >= 0.6 is 23.2 Å². The van der Waals surface area contributed by atoms with Crippen LogP contribution in [0.2, 0.25) is 10.0 Å². The molecule has 0 aromatic heterocycles. The van der Waals surface area contributed by atoms with E-state index in [9.17, 15) is 18.0 Å². The van der Waals surface area contributed by atoms with Crippen LogP contribution in [-0.2, 0) is 6.18 Å². The van der Waals surface area contributed by atoms with Gasteiger partial charge in [0.05, 0.1) is 11.1 Å². The van der Waals surface area contributed by atoms with E-state index in [2.05, 4.69) is 6.07 Å². The molecule has 1 saturated carbocycles. The number of rotatable bonds is 2. The molecule has 2 aromatic rings. The van der Waals surface area contributed by atoms with Gasteiger partial charge in [-0.15, -0.1) is 0 Å². The molecule has 2 nitrogen and oxygen atoms in total. The number of carbonyl (C=O) groups is 1. The molecule has 1 fully saturated rings. The SMILES string of the molecule is Clc1ccc(C2CCC2)c(Cl)c1.NC(=O)c1ccccc1C(F)(F)F. The van der Waals surface area contributed by atoms with E-state index in [1.54, 1.807) is 0 Å². The largest absolute Gasteiger partial charge is 0.417 e. The van der Waals surface area contributed by atoms with Crippen molar-refractivity contribution < 1.29 is 18.0 Å². The van der Waals surface area contributed by atoms with Crippen LogP contribution in [-0.4, -0.2) is 5.91 Å². The van der Waals surface area contributed by atoms with Gasteiger partial charge >= 0.3 is 6.18 Å². The molecule has 0 spiro atoms. The summed E-state index contributed by atoms with van der Waals surface area (Å²) >= 11 is 11.9. The molecular weight excluding hydrogens is 374 g/mol. The van der Waals surface area contributed by atoms with E-state index in [1.165, 1.54) is 37.0 Å². The second-order valence-electron chi connectivity index (χ2n) is 5.70. The third-order valence-electron chi connectivity index (χ3n) is 4.01. The van der Waals surface area contributed by atoms with Crippen molar-refractivity contribution in [3.8, 4) is 0 Å². The minimum absolute atomic E-state index is 0.505. The second kappa shape index (κ2) is 8.11. The van der Waals surface area contributed by atoms with Crippen molar-refractivity contribution in [2.75, 3.05) is 0 Å². The van der Waals surface area contributed by atoms with Crippen molar-refractivity contribution in [3.05, 3.63) is 69.2 Å². The number of hydrogen-bond donors (Lipinski definition) is 1. The number of halogens is 5. The van der Waals surface area contributed by atoms with Gasteiger partial charge in [-0.3, -0.25) is 4.79 Å². The fourth-order valence-electron chi connectivity index (χ4n) is 2.50. The maximum Gasteiger partial charge on any atom is 0.417 e. The van der Waals surface area contributed by atoms with E-state index < -0.39 is 23.2 Å². The van der Waals surface area contributed by atoms with Gasteiger partial charge in [-0.25, -0.2) is 0 Å². The lowest BCUT2D eigenvalue weighted by Crippen LogP contribution is -2.18. The molecule has 0 bridgehead atoms. The van der Waals surface area contributed by atoms with Gasteiger partial charge in [0.15, 0.2) is 0 Å². The Balaban J connectivity index is 0.000000181. The van der Waals surface area contributed by atoms with Crippen molar-refractivity contribution in [3.63, 3.8) is 0 Å². The van der Waals surface area contributed by atoms with Crippen LogP contribution in [0.15, 0.2) is 42.5 Å². The molecule has 0 unspecified atom stereocenters. The first-order valence-corrected chi connectivity index (χ1v) is 8.36. The van der Waals surface area contributed by atoms with Crippen LogP contribution in [0.4, 0.5) is 13.2 Å². The molecule has 7 heteroatoms. The summed E-state index contributed by atoms with van der Waals surface area (Å²) in [6.45, 7) is 0. The zero-order chi connectivity index (χ0) is 18.6. The summed E-state index contributed by atoms with van der Waals surface area (Å²) in [5.41, 5.74) is 4.54.